The zero-order valence-corrected chi connectivity index (χ0v) is 17.5. The van der Waals surface area contributed by atoms with Gasteiger partial charge >= 0.3 is 0 Å². The Morgan fingerprint density at radius 2 is 1.97 bits per heavy atom. The Morgan fingerprint density at radius 3 is 2.77 bits per heavy atom. The fourth-order valence-electron chi connectivity index (χ4n) is 3.91. The third kappa shape index (κ3) is 3.52. The van der Waals surface area contributed by atoms with Crippen LogP contribution >= 0.6 is 23.4 Å². The normalized spacial score (nSPS) is 18.1. The molecule has 0 fully saturated rings. The predicted molar refractivity (Wildman–Crippen MR) is 115 cm³/mol. The van der Waals surface area contributed by atoms with Crippen molar-refractivity contribution in [3.05, 3.63) is 81.8 Å². The number of carbonyl (C=O) groups is 1. The molecule has 30 heavy (non-hydrogen) atoms. The van der Waals surface area contributed by atoms with E-state index in [9.17, 15) is 9.18 Å². The number of thioether (sulfide) groups is 1. The van der Waals surface area contributed by atoms with Gasteiger partial charge in [0.05, 0.1) is 0 Å². The van der Waals surface area contributed by atoms with Gasteiger partial charge in [-0.25, -0.2) is 9.07 Å². The standard InChI is InChI=1S/C22H18ClFN4OS/c23-16-5-2-1-4-15(16)20-19-17(6-3-7-18(19)29)25-21-26-22(27-28(20)21)30-12-13-8-10-14(24)11-9-13/h1-2,4-5,8-11,20H,3,6-7,12H2,(H,25,26,27). The van der Waals surface area contributed by atoms with Gasteiger partial charge in [0, 0.05) is 34.0 Å². The van der Waals surface area contributed by atoms with Crippen molar-refractivity contribution in [2.75, 3.05) is 5.32 Å². The third-order valence-electron chi connectivity index (χ3n) is 5.33. The van der Waals surface area contributed by atoms with Crippen LogP contribution in [0.5, 0.6) is 0 Å². The molecule has 1 N–H and O–H groups in total. The van der Waals surface area contributed by atoms with Crippen LogP contribution in [0.25, 0.3) is 0 Å². The van der Waals surface area contributed by atoms with Gasteiger partial charge in [-0.3, -0.25) is 4.79 Å². The first-order chi connectivity index (χ1) is 14.6. The van der Waals surface area contributed by atoms with Crippen LogP contribution in [0, 0.1) is 5.82 Å². The molecule has 152 valence electrons. The summed E-state index contributed by atoms with van der Waals surface area (Å²) in [6, 6.07) is 13.5. The number of anilines is 1. The number of hydrogen-bond donors (Lipinski definition) is 1. The topological polar surface area (TPSA) is 59.8 Å². The van der Waals surface area contributed by atoms with Crippen LogP contribution < -0.4 is 5.32 Å². The van der Waals surface area contributed by atoms with E-state index in [2.05, 4.69) is 10.3 Å². The Labute approximate surface area is 182 Å². The molecule has 1 unspecified atom stereocenters. The molecule has 8 heteroatoms. The summed E-state index contributed by atoms with van der Waals surface area (Å²) in [5.74, 6) is 1.09. The number of Topliss-reactive ketones (excluding diaryl/α,β-unsaturated/α-hetero) is 1. The molecule has 1 aromatic heterocycles. The molecule has 0 saturated carbocycles. The van der Waals surface area contributed by atoms with Crippen molar-refractivity contribution in [2.45, 2.75) is 36.2 Å². The van der Waals surface area contributed by atoms with Gasteiger partial charge in [-0.05, 0) is 36.6 Å². The van der Waals surface area contributed by atoms with Crippen molar-refractivity contribution in [3.8, 4) is 0 Å². The molecule has 2 heterocycles. The van der Waals surface area contributed by atoms with Crippen molar-refractivity contribution in [1.82, 2.24) is 14.8 Å². The molecule has 0 bridgehead atoms. The molecule has 0 saturated heterocycles. The van der Waals surface area contributed by atoms with E-state index in [4.69, 9.17) is 16.7 Å². The number of allylic oxidation sites excluding steroid dienone is 2. The molecule has 1 aliphatic carbocycles. The number of fused-ring (bicyclic) bond motifs is 1. The summed E-state index contributed by atoms with van der Waals surface area (Å²) in [6.45, 7) is 0. The highest BCUT2D eigenvalue weighted by Crippen LogP contribution is 2.42. The highest BCUT2D eigenvalue weighted by molar-refractivity contribution is 7.98. The van der Waals surface area contributed by atoms with Crippen molar-refractivity contribution >= 4 is 35.1 Å². The van der Waals surface area contributed by atoms with E-state index in [0.717, 1.165) is 35.2 Å². The molecule has 5 nitrogen and oxygen atoms in total. The first kappa shape index (κ1) is 19.3. The molecule has 0 amide bonds. The number of benzene rings is 2. The smallest absolute Gasteiger partial charge is 0.227 e. The lowest BCUT2D eigenvalue weighted by Gasteiger charge is -2.32. The lowest BCUT2D eigenvalue weighted by Crippen LogP contribution is -2.31. The maximum Gasteiger partial charge on any atom is 0.227 e. The Hall–Kier alpha value is -2.64. The maximum atomic E-state index is 13.1. The molecular formula is C22H18ClFN4OS. The van der Waals surface area contributed by atoms with E-state index in [1.807, 2.05) is 24.3 Å². The van der Waals surface area contributed by atoms with Gasteiger partial charge in [0.1, 0.15) is 11.9 Å². The average Bonchev–Trinajstić information content (AvgIpc) is 3.15. The third-order valence-corrected chi connectivity index (χ3v) is 6.58. The zero-order chi connectivity index (χ0) is 20.7. The lowest BCUT2D eigenvalue weighted by molar-refractivity contribution is -0.116. The van der Waals surface area contributed by atoms with E-state index in [-0.39, 0.29) is 11.6 Å². The fourth-order valence-corrected chi connectivity index (χ4v) is 4.93. The first-order valence-electron chi connectivity index (χ1n) is 9.71. The monoisotopic (exact) mass is 440 g/mol. The van der Waals surface area contributed by atoms with Gasteiger partial charge < -0.3 is 5.32 Å². The number of nitrogens with zero attached hydrogens (tertiary/aromatic N) is 3. The number of nitrogens with one attached hydrogen (secondary N) is 1. The van der Waals surface area contributed by atoms with Crippen molar-refractivity contribution in [3.63, 3.8) is 0 Å². The minimum absolute atomic E-state index is 0.121. The van der Waals surface area contributed by atoms with Gasteiger partial charge in [-0.1, -0.05) is 53.7 Å². The summed E-state index contributed by atoms with van der Waals surface area (Å²) in [7, 11) is 0. The molecule has 3 aromatic rings. The zero-order valence-electron chi connectivity index (χ0n) is 15.9. The van der Waals surface area contributed by atoms with Gasteiger partial charge in [-0.2, -0.15) is 4.98 Å². The number of aromatic nitrogens is 3. The number of rotatable bonds is 4. The predicted octanol–water partition coefficient (Wildman–Crippen LogP) is 5.38. The van der Waals surface area contributed by atoms with E-state index in [0.29, 0.717) is 28.3 Å². The summed E-state index contributed by atoms with van der Waals surface area (Å²) in [5.41, 5.74) is 3.45. The van der Waals surface area contributed by atoms with Crippen LogP contribution in [0.4, 0.5) is 10.3 Å². The molecule has 0 radical (unpaired) electrons. The van der Waals surface area contributed by atoms with Crippen LogP contribution in [0.15, 0.2) is 65.0 Å². The molecule has 2 aromatic carbocycles. The van der Waals surface area contributed by atoms with Gasteiger partial charge in [0.2, 0.25) is 11.1 Å². The Morgan fingerprint density at radius 1 is 1.17 bits per heavy atom. The van der Waals surface area contributed by atoms with Crippen LogP contribution in [0.3, 0.4) is 0 Å². The average molecular weight is 441 g/mol. The van der Waals surface area contributed by atoms with Crippen molar-refractivity contribution in [2.24, 2.45) is 0 Å². The minimum atomic E-state index is -0.398. The van der Waals surface area contributed by atoms with Crippen molar-refractivity contribution in [1.29, 1.82) is 0 Å². The number of carbonyl (C=O) groups excluding carboxylic acids is 1. The largest absolute Gasteiger partial charge is 0.328 e. The molecule has 1 aliphatic heterocycles. The Balaban J connectivity index is 1.51. The molecule has 5 rings (SSSR count). The maximum absolute atomic E-state index is 13.1. The summed E-state index contributed by atoms with van der Waals surface area (Å²) >= 11 is 7.98. The van der Waals surface area contributed by atoms with Crippen molar-refractivity contribution < 1.29 is 9.18 Å². The Bertz CT molecular complexity index is 1160. The SMILES string of the molecule is O=C1CCCC2=C1C(c1ccccc1Cl)n1nc(SCc3ccc(F)cc3)nc1N2. The molecule has 0 spiro atoms. The summed E-state index contributed by atoms with van der Waals surface area (Å²) < 4.78 is 14.9. The van der Waals surface area contributed by atoms with E-state index in [1.165, 1.54) is 23.9 Å². The second-order valence-electron chi connectivity index (χ2n) is 7.30. The number of halogens is 2. The molecular weight excluding hydrogens is 423 g/mol. The highest BCUT2D eigenvalue weighted by atomic mass is 35.5. The second-order valence-corrected chi connectivity index (χ2v) is 8.65. The fraction of sp³-hybridized carbons (Fsp3) is 0.227. The summed E-state index contributed by atoms with van der Waals surface area (Å²) in [5, 5.41) is 9.19. The second kappa shape index (κ2) is 7.89. The molecule has 2 aliphatic rings. The molecule has 1 atom stereocenters. The van der Waals surface area contributed by atoms with E-state index < -0.39 is 6.04 Å². The van der Waals surface area contributed by atoms with E-state index in [1.54, 1.807) is 16.8 Å². The van der Waals surface area contributed by atoms with Crippen LogP contribution in [-0.4, -0.2) is 20.5 Å². The van der Waals surface area contributed by atoms with Gasteiger partial charge in [-0.15, -0.1) is 5.10 Å². The Kier molecular flexibility index (Phi) is 5.08. The summed E-state index contributed by atoms with van der Waals surface area (Å²) in [6.07, 6.45) is 2.14. The lowest BCUT2D eigenvalue weighted by atomic mass is 9.85. The number of hydrogen-bond acceptors (Lipinski definition) is 5. The van der Waals surface area contributed by atoms with Gasteiger partial charge in [0.25, 0.3) is 0 Å². The van der Waals surface area contributed by atoms with Crippen LogP contribution in [-0.2, 0) is 10.5 Å². The quantitative estimate of drug-likeness (QED) is 0.551. The highest BCUT2D eigenvalue weighted by Gasteiger charge is 2.37. The number of ketones is 1. The summed E-state index contributed by atoms with van der Waals surface area (Å²) in [4.78, 5) is 17.5. The van der Waals surface area contributed by atoms with Crippen LogP contribution in [0.2, 0.25) is 5.02 Å². The minimum Gasteiger partial charge on any atom is -0.328 e. The van der Waals surface area contributed by atoms with Crippen LogP contribution in [0.1, 0.15) is 36.4 Å². The van der Waals surface area contributed by atoms with E-state index >= 15 is 0 Å². The first-order valence-corrected chi connectivity index (χ1v) is 11.1. The van der Waals surface area contributed by atoms with Gasteiger partial charge in [0.15, 0.2) is 5.78 Å².